The van der Waals surface area contributed by atoms with E-state index in [1.165, 1.54) is 12.1 Å². The Kier molecular flexibility index (Phi) is 7.66. The van der Waals surface area contributed by atoms with Gasteiger partial charge in [0.2, 0.25) is 17.7 Å². The lowest BCUT2D eigenvalue weighted by Gasteiger charge is -2.63. The van der Waals surface area contributed by atoms with E-state index in [9.17, 15) is 18.0 Å². The van der Waals surface area contributed by atoms with Gasteiger partial charge in [-0.2, -0.15) is 4.98 Å². The van der Waals surface area contributed by atoms with E-state index in [4.69, 9.17) is 4.74 Å². The van der Waals surface area contributed by atoms with E-state index in [1.807, 2.05) is 41.8 Å². The highest BCUT2D eigenvalue weighted by atomic mass is 32.2. The summed E-state index contributed by atoms with van der Waals surface area (Å²) >= 11 is 0. The van der Waals surface area contributed by atoms with Crippen LogP contribution in [0.3, 0.4) is 0 Å². The Balaban J connectivity index is 1.46. The van der Waals surface area contributed by atoms with Crippen molar-refractivity contribution in [2.24, 2.45) is 5.41 Å². The third kappa shape index (κ3) is 5.90. The van der Waals surface area contributed by atoms with Crippen molar-refractivity contribution in [1.29, 1.82) is 0 Å². The molecule has 3 aromatic rings. The molecule has 3 aliphatic rings. The lowest BCUT2D eigenvalue weighted by Crippen LogP contribution is -2.73. The number of fused-ring (bicyclic) bond motifs is 4. The first-order valence-corrected chi connectivity index (χ1v) is 17.0. The second-order valence-corrected chi connectivity index (χ2v) is 15.6. The average Bonchev–Trinajstić information content (AvgIpc) is 2.90. The molecule has 2 aromatic carbocycles. The first-order valence-electron chi connectivity index (χ1n) is 15.5. The number of hydrogen-bond acceptors (Lipinski definition) is 7. The zero-order chi connectivity index (χ0) is 32.3. The van der Waals surface area contributed by atoms with Crippen LogP contribution >= 0.6 is 0 Å². The Morgan fingerprint density at radius 3 is 2.38 bits per heavy atom. The van der Waals surface area contributed by atoms with Crippen molar-refractivity contribution in [1.82, 2.24) is 19.8 Å². The van der Waals surface area contributed by atoms with Gasteiger partial charge in [-0.05, 0) is 74.3 Å². The van der Waals surface area contributed by atoms with Crippen LogP contribution in [0, 0.1) is 19.3 Å². The van der Waals surface area contributed by atoms with E-state index in [0.717, 1.165) is 29.7 Å². The Hall–Kier alpha value is -3.99. The number of aromatic nitrogens is 2. The highest BCUT2D eigenvalue weighted by Crippen LogP contribution is 2.50. The summed E-state index contributed by atoms with van der Waals surface area (Å²) in [6.07, 6.45) is 2.89. The van der Waals surface area contributed by atoms with Gasteiger partial charge >= 0.3 is 0 Å². The molecule has 10 nitrogen and oxygen atoms in total. The van der Waals surface area contributed by atoms with E-state index < -0.39 is 10.0 Å². The van der Waals surface area contributed by atoms with Crippen LogP contribution < -0.4 is 9.46 Å². The first-order chi connectivity index (χ1) is 21.2. The van der Waals surface area contributed by atoms with E-state index >= 15 is 0 Å². The minimum atomic E-state index is -4.15. The van der Waals surface area contributed by atoms with E-state index in [-0.39, 0.29) is 63.7 Å². The third-order valence-corrected chi connectivity index (χ3v) is 10.7. The number of aryl methyl sites for hydroxylation is 2. The number of hydrogen-bond donors (Lipinski definition) is 1. The van der Waals surface area contributed by atoms with Crippen LogP contribution in [0.5, 0.6) is 5.88 Å². The number of likely N-dealkylation sites (tertiary alicyclic amines) is 1. The number of nitrogens with one attached hydrogen (secondary N) is 1. The largest absolute Gasteiger partial charge is 0.475 e. The summed E-state index contributed by atoms with van der Waals surface area (Å²) in [4.78, 5) is 39.6. The maximum Gasteiger partial charge on any atom is 0.264 e. The van der Waals surface area contributed by atoms with Gasteiger partial charge in [0, 0.05) is 42.2 Å². The van der Waals surface area contributed by atoms with Crippen molar-refractivity contribution in [3.8, 4) is 17.1 Å². The van der Waals surface area contributed by atoms with Crippen molar-refractivity contribution in [3.63, 3.8) is 0 Å². The van der Waals surface area contributed by atoms with Gasteiger partial charge in [-0.3, -0.25) is 9.59 Å². The van der Waals surface area contributed by atoms with Crippen LogP contribution in [0.25, 0.3) is 11.3 Å². The zero-order valence-corrected chi connectivity index (χ0v) is 27.6. The maximum atomic E-state index is 14.4. The SMILES string of the molecule is CC(=O)N1CCC12CC(N1C(=O)c3cccc(c3)S(=O)(=O)Nc3nc(cc(-c4c(C)cccc4C)n3)OC[C@H]1CC(C)(C)C)C2. The number of carbonyl (C=O) groups is 2. The minimum absolute atomic E-state index is 0.0511. The highest BCUT2D eigenvalue weighted by molar-refractivity contribution is 7.92. The smallest absolute Gasteiger partial charge is 0.264 e. The van der Waals surface area contributed by atoms with Gasteiger partial charge in [0.25, 0.3) is 15.9 Å². The molecule has 6 rings (SSSR count). The van der Waals surface area contributed by atoms with Crippen molar-refractivity contribution < 1.29 is 22.7 Å². The zero-order valence-electron chi connectivity index (χ0n) is 26.8. The van der Waals surface area contributed by atoms with Crippen LogP contribution in [0.4, 0.5) is 5.95 Å². The number of anilines is 1. The molecule has 45 heavy (non-hydrogen) atoms. The molecule has 0 radical (unpaired) electrons. The van der Waals surface area contributed by atoms with Gasteiger partial charge in [-0.25, -0.2) is 18.1 Å². The van der Waals surface area contributed by atoms with Gasteiger partial charge in [0.15, 0.2) is 0 Å². The average molecular weight is 632 g/mol. The second kappa shape index (κ2) is 11.1. The minimum Gasteiger partial charge on any atom is -0.475 e. The van der Waals surface area contributed by atoms with E-state index in [0.29, 0.717) is 25.0 Å². The highest BCUT2D eigenvalue weighted by Gasteiger charge is 2.58. The number of nitrogens with zero attached hydrogens (tertiary/aromatic N) is 4. The molecule has 238 valence electrons. The monoisotopic (exact) mass is 631 g/mol. The Bertz CT molecular complexity index is 1760. The predicted octanol–water partition coefficient (Wildman–Crippen LogP) is 5.35. The Labute approximate surface area is 265 Å². The quantitative estimate of drug-likeness (QED) is 0.413. The molecule has 2 fully saturated rings. The maximum absolute atomic E-state index is 14.4. The number of ether oxygens (including phenoxy) is 1. The molecule has 1 atom stereocenters. The van der Waals surface area contributed by atoms with Crippen molar-refractivity contribution >= 4 is 27.8 Å². The van der Waals surface area contributed by atoms with Crippen LogP contribution in [0.2, 0.25) is 0 Å². The molecule has 2 aliphatic heterocycles. The van der Waals surface area contributed by atoms with Crippen LogP contribution in [-0.2, 0) is 14.8 Å². The molecule has 1 saturated heterocycles. The van der Waals surface area contributed by atoms with Gasteiger partial charge in [0.1, 0.15) is 6.61 Å². The molecule has 1 N–H and O–H groups in total. The number of benzene rings is 2. The Morgan fingerprint density at radius 2 is 1.76 bits per heavy atom. The summed E-state index contributed by atoms with van der Waals surface area (Å²) in [5, 5.41) is 0. The fourth-order valence-electron chi connectivity index (χ4n) is 7.24. The van der Waals surface area contributed by atoms with Crippen molar-refractivity contribution in [2.45, 2.75) is 89.7 Å². The summed E-state index contributed by atoms with van der Waals surface area (Å²) in [6, 6.07) is 13.3. The third-order valence-electron chi connectivity index (χ3n) is 9.33. The summed E-state index contributed by atoms with van der Waals surface area (Å²) in [7, 11) is -4.15. The van der Waals surface area contributed by atoms with Gasteiger partial charge in [-0.15, -0.1) is 0 Å². The molecular weight excluding hydrogens is 590 g/mol. The molecule has 3 heterocycles. The summed E-state index contributed by atoms with van der Waals surface area (Å²) < 4.78 is 36.2. The normalized spacial score (nSPS) is 24.3. The van der Waals surface area contributed by atoms with Gasteiger partial charge < -0.3 is 14.5 Å². The molecule has 1 aromatic heterocycles. The summed E-state index contributed by atoms with van der Waals surface area (Å²) in [6.45, 7) is 12.8. The number of sulfonamides is 1. The molecule has 1 spiro atoms. The van der Waals surface area contributed by atoms with E-state index in [1.54, 1.807) is 25.1 Å². The van der Waals surface area contributed by atoms with Crippen LogP contribution in [0.1, 0.15) is 74.9 Å². The topological polar surface area (TPSA) is 122 Å². The molecule has 1 aliphatic carbocycles. The molecule has 1 saturated carbocycles. The van der Waals surface area contributed by atoms with Gasteiger partial charge in [0.05, 0.1) is 16.6 Å². The molecule has 4 bridgehead atoms. The van der Waals surface area contributed by atoms with Crippen LogP contribution in [-0.4, -0.2) is 70.8 Å². The lowest BCUT2D eigenvalue weighted by atomic mass is 9.63. The molecule has 11 heteroatoms. The molecular formula is C34H41N5O5S. The van der Waals surface area contributed by atoms with Crippen molar-refractivity contribution in [2.75, 3.05) is 17.9 Å². The first kappa shape index (κ1) is 31.0. The Morgan fingerprint density at radius 1 is 1.07 bits per heavy atom. The van der Waals surface area contributed by atoms with E-state index in [2.05, 4.69) is 35.5 Å². The predicted molar refractivity (Wildman–Crippen MR) is 171 cm³/mol. The summed E-state index contributed by atoms with van der Waals surface area (Å²) in [5.74, 6) is -0.105. The molecule has 0 unspecified atom stereocenters. The van der Waals surface area contributed by atoms with Gasteiger partial charge in [-0.1, -0.05) is 45.0 Å². The number of carbonyl (C=O) groups excluding carboxylic acids is 2. The second-order valence-electron chi connectivity index (χ2n) is 14.0. The standard InChI is InChI=1S/C34H41N5O5S/c1-21-9-7-10-22(2)30(21)28-16-29-36-32(35-28)37-45(42,43)27-12-8-11-24(15-27)31(41)39(26(20-44-29)17-33(4,5)6)25-18-34(19-25)13-14-38(34)23(3)40/h7-12,15-16,25-26H,13-14,17-20H2,1-6H3,(H,35,36,37)/t25?,26-,34?/m1/s1. The van der Waals surface area contributed by atoms with Crippen LogP contribution in [0.15, 0.2) is 53.4 Å². The fourth-order valence-corrected chi connectivity index (χ4v) is 8.23. The number of rotatable bonds is 3. The summed E-state index contributed by atoms with van der Waals surface area (Å²) in [5.41, 5.74) is 3.27. The molecule has 2 amide bonds. The number of amides is 2. The van der Waals surface area contributed by atoms with Crippen molar-refractivity contribution in [3.05, 3.63) is 65.2 Å². The fraction of sp³-hybridized carbons (Fsp3) is 0.471. The lowest BCUT2D eigenvalue weighted by molar-refractivity contribution is -0.162.